The van der Waals surface area contributed by atoms with Crippen LogP contribution < -0.4 is 0 Å². The molecule has 132 valence electrons. The van der Waals surface area contributed by atoms with Crippen molar-refractivity contribution in [3.05, 3.63) is 47.6 Å². The van der Waals surface area contributed by atoms with Crippen molar-refractivity contribution in [2.24, 2.45) is 5.92 Å². The van der Waals surface area contributed by atoms with E-state index in [4.69, 9.17) is 9.26 Å². The lowest BCUT2D eigenvalue weighted by Crippen LogP contribution is -2.51. The van der Waals surface area contributed by atoms with Crippen LogP contribution in [0.1, 0.15) is 42.5 Å². The first kappa shape index (κ1) is 16.3. The fraction of sp³-hybridized carbons (Fsp3) is 0.526. The normalized spacial score (nSPS) is 18.0. The number of likely N-dealkylation sites (tertiary alicyclic amines) is 1. The zero-order valence-corrected chi connectivity index (χ0v) is 14.3. The van der Waals surface area contributed by atoms with Crippen LogP contribution in [0.3, 0.4) is 0 Å². The van der Waals surface area contributed by atoms with Crippen molar-refractivity contribution >= 4 is 5.91 Å². The Labute approximate surface area is 147 Å². The SMILES string of the molecule is O=C(C1CCC1)N1CC(c2nc(CCOCc3ccccc3)no2)C1. The topological polar surface area (TPSA) is 68.5 Å². The molecule has 4 rings (SSSR count). The van der Waals surface area contributed by atoms with Gasteiger partial charge in [0.05, 0.1) is 19.1 Å². The van der Waals surface area contributed by atoms with Crippen LogP contribution in [0.4, 0.5) is 0 Å². The minimum absolute atomic E-state index is 0.190. The average Bonchev–Trinajstić information content (AvgIpc) is 2.98. The van der Waals surface area contributed by atoms with E-state index in [9.17, 15) is 4.79 Å². The lowest BCUT2D eigenvalue weighted by molar-refractivity contribution is -0.143. The van der Waals surface area contributed by atoms with Crippen molar-refractivity contribution in [1.29, 1.82) is 0 Å². The van der Waals surface area contributed by atoms with E-state index in [0.29, 0.717) is 50.3 Å². The first-order valence-electron chi connectivity index (χ1n) is 9.02. The van der Waals surface area contributed by atoms with E-state index < -0.39 is 0 Å². The molecule has 1 amide bonds. The maximum atomic E-state index is 12.1. The van der Waals surface area contributed by atoms with Gasteiger partial charge in [-0.2, -0.15) is 4.98 Å². The smallest absolute Gasteiger partial charge is 0.233 e. The standard InChI is InChI=1S/C19H23N3O3/c23-19(15-7-4-8-15)22-11-16(12-22)18-20-17(21-25-18)9-10-24-13-14-5-2-1-3-6-14/h1-3,5-6,15-16H,4,7-13H2. The Kier molecular flexibility index (Phi) is 4.78. The van der Waals surface area contributed by atoms with Crippen molar-refractivity contribution < 1.29 is 14.1 Å². The molecule has 0 atom stereocenters. The highest BCUT2D eigenvalue weighted by atomic mass is 16.5. The number of benzene rings is 1. The quantitative estimate of drug-likeness (QED) is 0.724. The lowest BCUT2D eigenvalue weighted by atomic mass is 9.83. The second-order valence-corrected chi connectivity index (χ2v) is 6.90. The highest BCUT2D eigenvalue weighted by molar-refractivity contribution is 5.80. The summed E-state index contributed by atoms with van der Waals surface area (Å²) < 4.78 is 11.0. The molecule has 0 unspecified atom stereocenters. The Morgan fingerprint density at radius 2 is 2.04 bits per heavy atom. The number of hydrogen-bond acceptors (Lipinski definition) is 5. The number of rotatable bonds is 7. The summed E-state index contributed by atoms with van der Waals surface area (Å²) in [6, 6.07) is 10.1. The summed E-state index contributed by atoms with van der Waals surface area (Å²) in [7, 11) is 0. The van der Waals surface area contributed by atoms with Crippen molar-refractivity contribution in [2.75, 3.05) is 19.7 Å². The number of carbonyl (C=O) groups excluding carboxylic acids is 1. The Morgan fingerprint density at radius 3 is 2.76 bits per heavy atom. The van der Waals surface area contributed by atoms with Crippen LogP contribution in [0, 0.1) is 5.92 Å². The number of aromatic nitrogens is 2. The Bertz CT molecular complexity index is 706. The molecule has 1 saturated heterocycles. The molecule has 1 aromatic carbocycles. The number of nitrogens with zero attached hydrogens (tertiary/aromatic N) is 3. The summed E-state index contributed by atoms with van der Waals surface area (Å²) >= 11 is 0. The van der Waals surface area contributed by atoms with Crippen LogP contribution in [0.2, 0.25) is 0 Å². The summed E-state index contributed by atoms with van der Waals surface area (Å²) in [6.45, 7) is 2.57. The summed E-state index contributed by atoms with van der Waals surface area (Å²) in [5.41, 5.74) is 1.15. The summed E-state index contributed by atoms with van der Waals surface area (Å²) in [5.74, 6) is 2.08. The maximum Gasteiger partial charge on any atom is 0.233 e. The Morgan fingerprint density at radius 1 is 1.24 bits per heavy atom. The molecule has 2 aromatic rings. The molecular formula is C19H23N3O3. The van der Waals surface area contributed by atoms with E-state index in [1.54, 1.807) is 0 Å². The first-order valence-corrected chi connectivity index (χ1v) is 9.02. The van der Waals surface area contributed by atoms with E-state index >= 15 is 0 Å². The third kappa shape index (κ3) is 3.74. The minimum atomic E-state index is 0.190. The highest BCUT2D eigenvalue weighted by Gasteiger charge is 2.39. The molecule has 0 bridgehead atoms. The molecule has 0 N–H and O–H groups in total. The molecule has 0 radical (unpaired) electrons. The van der Waals surface area contributed by atoms with Gasteiger partial charge < -0.3 is 14.2 Å². The third-order valence-electron chi connectivity index (χ3n) is 5.06. The van der Waals surface area contributed by atoms with Crippen LogP contribution in [0.25, 0.3) is 0 Å². The van der Waals surface area contributed by atoms with Crippen LogP contribution in [0.5, 0.6) is 0 Å². The van der Waals surface area contributed by atoms with Crippen LogP contribution in [0.15, 0.2) is 34.9 Å². The van der Waals surface area contributed by atoms with E-state index in [0.717, 1.165) is 18.4 Å². The molecule has 2 fully saturated rings. The second-order valence-electron chi connectivity index (χ2n) is 6.90. The molecule has 2 aliphatic rings. The van der Waals surface area contributed by atoms with Crippen LogP contribution in [-0.2, 0) is 22.6 Å². The zero-order chi connectivity index (χ0) is 17.1. The predicted octanol–water partition coefficient (Wildman–Crippen LogP) is 2.55. The van der Waals surface area contributed by atoms with E-state index in [1.807, 2.05) is 35.2 Å². The number of carbonyl (C=O) groups is 1. The van der Waals surface area contributed by atoms with E-state index in [2.05, 4.69) is 10.1 Å². The van der Waals surface area contributed by atoms with Crippen molar-refractivity contribution in [3.8, 4) is 0 Å². The fourth-order valence-electron chi connectivity index (χ4n) is 3.19. The van der Waals surface area contributed by atoms with Gasteiger partial charge in [0.2, 0.25) is 11.8 Å². The molecule has 1 saturated carbocycles. The van der Waals surface area contributed by atoms with Crippen molar-refractivity contribution in [3.63, 3.8) is 0 Å². The van der Waals surface area contributed by atoms with Gasteiger partial charge in [0.15, 0.2) is 5.82 Å². The molecule has 6 nitrogen and oxygen atoms in total. The van der Waals surface area contributed by atoms with Gasteiger partial charge in [-0.15, -0.1) is 0 Å². The second kappa shape index (κ2) is 7.35. The van der Waals surface area contributed by atoms with Gasteiger partial charge in [0.1, 0.15) is 0 Å². The van der Waals surface area contributed by atoms with Gasteiger partial charge in [-0.3, -0.25) is 4.79 Å². The Hall–Kier alpha value is -2.21. The predicted molar refractivity (Wildman–Crippen MR) is 90.8 cm³/mol. The van der Waals surface area contributed by atoms with Gasteiger partial charge >= 0.3 is 0 Å². The summed E-state index contributed by atoms with van der Waals surface area (Å²) in [4.78, 5) is 18.5. The average molecular weight is 341 g/mol. The molecule has 1 aliphatic carbocycles. The molecular weight excluding hydrogens is 318 g/mol. The van der Waals surface area contributed by atoms with Gasteiger partial charge in [-0.05, 0) is 18.4 Å². The molecule has 2 heterocycles. The molecule has 0 spiro atoms. The molecule has 25 heavy (non-hydrogen) atoms. The zero-order valence-electron chi connectivity index (χ0n) is 14.3. The van der Waals surface area contributed by atoms with Crippen LogP contribution >= 0.6 is 0 Å². The van der Waals surface area contributed by atoms with Gasteiger partial charge in [0.25, 0.3) is 0 Å². The van der Waals surface area contributed by atoms with E-state index in [1.165, 1.54) is 6.42 Å². The highest BCUT2D eigenvalue weighted by Crippen LogP contribution is 2.33. The van der Waals surface area contributed by atoms with Crippen molar-refractivity contribution in [1.82, 2.24) is 15.0 Å². The number of ether oxygens (including phenoxy) is 1. The fourth-order valence-corrected chi connectivity index (χ4v) is 3.19. The monoisotopic (exact) mass is 341 g/mol. The van der Waals surface area contributed by atoms with Gasteiger partial charge in [-0.1, -0.05) is 41.9 Å². The lowest BCUT2D eigenvalue weighted by Gasteiger charge is -2.41. The van der Waals surface area contributed by atoms with Gasteiger partial charge in [-0.25, -0.2) is 0 Å². The van der Waals surface area contributed by atoms with Crippen LogP contribution in [-0.4, -0.2) is 40.6 Å². The third-order valence-corrected chi connectivity index (χ3v) is 5.06. The van der Waals surface area contributed by atoms with Gasteiger partial charge in [0, 0.05) is 25.4 Å². The molecule has 1 aliphatic heterocycles. The molecule has 1 aromatic heterocycles. The Balaban J connectivity index is 1.18. The largest absolute Gasteiger partial charge is 0.376 e. The minimum Gasteiger partial charge on any atom is -0.376 e. The first-order chi connectivity index (χ1) is 12.3. The summed E-state index contributed by atoms with van der Waals surface area (Å²) in [5, 5.41) is 4.03. The summed E-state index contributed by atoms with van der Waals surface area (Å²) in [6.07, 6.45) is 3.92. The van der Waals surface area contributed by atoms with Crippen molar-refractivity contribution in [2.45, 2.75) is 38.2 Å². The van der Waals surface area contributed by atoms with E-state index in [-0.39, 0.29) is 11.8 Å². The number of amides is 1. The number of hydrogen-bond donors (Lipinski definition) is 0. The maximum absolute atomic E-state index is 12.1. The molecule has 6 heteroatoms.